The van der Waals surface area contributed by atoms with Crippen LogP contribution in [0.1, 0.15) is 9.67 Å². The van der Waals surface area contributed by atoms with Crippen molar-refractivity contribution in [3.8, 4) is 16.9 Å². The molecule has 2 N–H and O–H groups in total. The van der Waals surface area contributed by atoms with Gasteiger partial charge in [0.15, 0.2) is 0 Å². The first-order valence-corrected chi connectivity index (χ1v) is 13.2. The van der Waals surface area contributed by atoms with E-state index in [1.807, 2.05) is 0 Å². The molecule has 0 aliphatic rings. The third-order valence-electron chi connectivity index (χ3n) is 4.96. The molecular formula is C22H21Cl2N3O7S2. The van der Waals surface area contributed by atoms with Crippen LogP contribution in [0.3, 0.4) is 0 Å². The van der Waals surface area contributed by atoms with Gasteiger partial charge in [-0.2, -0.15) is 4.72 Å². The summed E-state index contributed by atoms with van der Waals surface area (Å²) in [6, 6.07) is 7.14. The number of rotatable bonds is 9. The summed E-state index contributed by atoms with van der Waals surface area (Å²) in [5, 5.41) is 2.74. The van der Waals surface area contributed by atoms with Crippen LogP contribution >= 0.6 is 34.5 Å². The zero-order valence-electron chi connectivity index (χ0n) is 19.2. The minimum Gasteiger partial charge on any atom is -0.495 e. The molecule has 192 valence electrons. The van der Waals surface area contributed by atoms with E-state index >= 15 is 0 Å². The van der Waals surface area contributed by atoms with Gasteiger partial charge in [-0.1, -0.05) is 35.3 Å². The third-order valence-corrected chi connectivity index (χ3v) is 7.89. The molecule has 0 unspecified atom stereocenters. The Kier molecular flexibility index (Phi) is 8.80. The maximum atomic E-state index is 13.3. The topological polar surface area (TPSA) is 133 Å². The lowest BCUT2D eigenvalue weighted by molar-refractivity contribution is -0.142. The van der Waals surface area contributed by atoms with E-state index in [9.17, 15) is 22.8 Å². The van der Waals surface area contributed by atoms with Gasteiger partial charge in [0.05, 0.1) is 34.0 Å². The molecule has 2 heterocycles. The first kappa shape index (κ1) is 27.7. The van der Waals surface area contributed by atoms with Crippen LogP contribution in [-0.2, 0) is 26.6 Å². The molecule has 0 spiro atoms. The summed E-state index contributed by atoms with van der Waals surface area (Å²) in [6.07, 6.45) is 1.42. The van der Waals surface area contributed by atoms with Crippen molar-refractivity contribution in [1.29, 1.82) is 0 Å². The summed E-state index contributed by atoms with van der Waals surface area (Å²) < 4.78 is 40.6. The Balaban J connectivity index is 1.95. The molecule has 0 bridgehead atoms. The van der Waals surface area contributed by atoms with E-state index in [4.69, 9.17) is 32.7 Å². The quantitative estimate of drug-likeness (QED) is 0.376. The van der Waals surface area contributed by atoms with Crippen LogP contribution < -0.4 is 20.3 Å². The van der Waals surface area contributed by atoms with Crippen molar-refractivity contribution in [2.45, 2.75) is 10.9 Å². The fourth-order valence-electron chi connectivity index (χ4n) is 3.30. The fraction of sp³-hybridized carbons (Fsp3) is 0.227. The number of thiophene rings is 1. The molecule has 0 saturated carbocycles. The zero-order chi connectivity index (χ0) is 26.6. The van der Waals surface area contributed by atoms with E-state index in [0.29, 0.717) is 4.34 Å². The van der Waals surface area contributed by atoms with Gasteiger partial charge in [-0.3, -0.25) is 14.4 Å². The van der Waals surface area contributed by atoms with Crippen LogP contribution in [0.4, 0.5) is 0 Å². The molecule has 1 atom stereocenters. The lowest BCUT2D eigenvalue weighted by atomic mass is 10.1. The molecular weight excluding hydrogens is 553 g/mol. The first-order valence-electron chi connectivity index (χ1n) is 10.2. The standard InChI is InChI=1S/C22H21Cl2N3O7S2/c1-27-11-12(23)9-14(21(27)29)13-5-4-6-17(19(13)33-2)36(31,32)26-15(22(30)34-3)10-25-20(28)16-7-8-18(24)35-16/h4-9,11,15,26H,10H2,1-3H3,(H,25,28)/t15-/m0/s1. The number of methoxy groups -OCH3 is 2. The van der Waals surface area contributed by atoms with Gasteiger partial charge in [0.25, 0.3) is 11.5 Å². The number of hydrogen-bond donors (Lipinski definition) is 2. The van der Waals surface area contributed by atoms with Crippen LogP contribution in [0, 0.1) is 0 Å². The Morgan fingerprint density at radius 1 is 1.14 bits per heavy atom. The van der Waals surface area contributed by atoms with E-state index < -0.39 is 40.0 Å². The number of nitrogens with zero attached hydrogens (tertiary/aromatic N) is 1. The molecule has 0 aliphatic heterocycles. The average Bonchev–Trinajstić information content (AvgIpc) is 3.29. The molecule has 2 aromatic heterocycles. The molecule has 0 radical (unpaired) electrons. The van der Waals surface area contributed by atoms with Crippen molar-refractivity contribution < 1.29 is 27.5 Å². The SMILES string of the molecule is COC(=O)[C@H](CNC(=O)c1ccc(Cl)s1)NS(=O)(=O)c1cccc(-c2cc(Cl)cn(C)c2=O)c1OC. The Bertz CT molecular complexity index is 1470. The van der Waals surface area contributed by atoms with Gasteiger partial charge in [-0.25, -0.2) is 8.42 Å². The predicted molar refractivity (Wildman–Crippen MR) is 136 cm³/mol. The summed E-state index contributed by atoms with van der Waals surface area (Å²) in [7, 11) is -0.580. The van der Waals surface area contributed by atoms with Gasteiger partial charge < -0.3 is 19.4 Å². The number of aryl methyl sites for hydroxylation is 1. The maximum Gasteiger partial charge on any atom is 0.325 e. The van der Waals surface area contributed by atoms with Crippen molar-refractivity contribution in [2.24, 2.45) is 7.05 Å². The zero-order valence-corrected chi connectivity index (χ0v) is 22.3. The van der Waals surface area contributed by atoms with E-state index in [1.54, 1.807) is 0 Å². The number of esters is 1. The highest BCUT2D eigenvalue weighted by atomic mass is 35.5. The Morgan fingerprint density at radius 3 is 2.47 bits per heavy atom. The number of halogens is 2. The number of carbonyl (C=O) groups excluding carboxylic acids is 2. The second-order valence-electron chi connectivity index (χ2n) is 7.34. The van der Waals surface area contributed by atoms with Crippen LogP contribution in [0.15, 0.2) is 52.3 Å². The van der Waals surface area contributed by atoms with Crippen LogP contribution in [0.5, 0.6) is 5.75 Å². The highest BCUT2D eigenvalue weighted by molar-refractivity contribution is 7.89. The third kappa shape index (κ3) is 6.08. The minimum atomic E-state index is -4.42. The average molecular weight is 574 g/mol. The molecule has 1 aromatic carbocycles. The number of pyridine rings is 1. The molecule has 3 rings (SSSR count). The van der Waals surface area contributed by atoms with Crippen molar-refractivity contribution in [3.05, 3.63) is 67.2 Å². The van der Waals surface area contributed by atoms with E-state index in [0.717, 1.165) is 18.4 Å². The number of para-hydroxylation sites is 1. The summed E-state index contributed by atoms with van der Waals surface area (Å²) in [6.45, 7) is -0.406. The molecule has 0 aliphatic carbocycles. The van der Waals surface area contributed by atoms with Gasteiger partial charge >= 0.3 is 5.97 Å². The minimum absolute atomic E-state index is 0.116. The van der Waals surface area contributed by atoms with E-state index in [-0.39, 0.29) is 31.7 Å². The Morgan fingerprint density at radius 2 is 1.86 bits per heavy atom. The van der Waals surface area contributed by atoms with Crippen LogP contribution in [-0.4, -0.2) is 51.7 Å². The molecule has 10 nitrogen and oxygen atoms in total. The van der Waals surface area contributed by atoms with Crippen molar-refractivity contribution >= 4 is 56.4 Å². The second-order valence-corrected chi connectivity index (χ2v) is 11.2. The number of aromatic nitrogens is 1. The van der Waals surface area contributed by atoms with Gasteiger partial charge in [0.2, 0.25) is 10.0 Å². The smallest absolute Gasteiger partial charge is 0.325 e. The summed E-state index contributed by atoms with van der Waals surface area (Å²) in [4.78, 5) is 37.3. The summed E-state index contributed by atoms with van der Waals surface area (Å²) in [5.74, 6) is -1.61. The van der Waals surface area contributed by atoms with Crippen molar-refractivity contribution in [2.75, 3.05) is 20.8 Å². The number of amides is 1. The van der Waals surface area contributed by atoms with Crippen molar-refractivity contribution in [1.82, 2.24) is 14.6 Å². The lowest BCUT2D eigenvalue weighted by Gasteiger charge is -2.19. The normalized spacial score (nSPS) is 12.1. The summed E-state index contributed by atoms with van der Waals surface area (Å²) >= 11 is 13.0. The predicted octanol–water partition coefficient (Wildman–Crippen LogP) is 2.68. The van der Waals surface area contributed by atoms with Crippen LogP contribution in [0.25, 0.3) is 11.1 Å². The second kappa shape index (κ2) is 11.4. The number of carbonyl (C=O) groups is 2. The maximum absolute atomic E-state index is 13.3. The lowest BCUT2D eigenvalue weighted by Crippen LogP contribution is -2.48. The first-order chi connectivity index (χ1) is 17.0. The number of benzene rings is 1. The highest BCUT2D eigenvalue weighted by Gasteiger charge is 2.30. The fourth-order valence-corrected chi connectivity index (χ4v) is 5.89. The highest BCUT2D eigenvalue weighted by Crippen LogP contribution is 2.35. The van der Waals surface area contributed by atoms with Crippen LogP contribution in [0.2, 0.25) is 9.36 Å². The molecule has 14 heteroatoms. The van der Waals surface area contributed by atoms with E-state index in [1.165, 1.54) is 61.3 Å². The van der Waals surface area contributed by atoms with E-state index in [2.05, 4.69) is 10.0 Å². The molecule has 36 heavy (non-hydrogen) atoms. The summed E-state index contributed by atoms with van der Waals surface area (Å²) in [5.41, 5.74) is -0.129. The number of nitrogens with one attached hydrogen (secondary N) is 2. The monoisotopic (exact) mass is 573 g/mol. The van der Waals surface area contributed by atoms with Gasteiger partial charge in [0, 0.05) is 25.4 Å². The largest absolute Gasteiger partial charge is 0.495 e. The molecule has 3 aromatic rings. The van der Waals surface area contributed by atoms with Gasteiger partial charge in [-0.15, -0.1) is 11.3 Å². The Labute approximate surface area is 220 Å². The van der Waals surface area contributed by atoms with Gasteiger partial charge in [-0.05, 0) is 24.3 Å². The number of hydrogen-bond acceptors (Lipinski definition) is 8. The van der Waals surface area contributed by atoms with Crippen molar-refractivity contribution in [3.63, 3.8) is 0 Å². The Hall–Kier alpha value is -2.90. The number of ether oxygens (including phenoxy) is 2. The molecule has 1 amide bonds. The molecule has 0 saturated heterocycles. The molecule has 0 fully saturated rings. The number of sulfonamides is 1. The van der Waals surface area contributed by atoms with Gasteiger partial charge in [0.1, 0.15) is 16.7 Å².